The van der Waals surface area contributed by atoms with E-state index < -0.39 is 11.8 Å². The van der Waals surface area contributed by atoms with E-state index in [9.17, 15) is 14.0 Å². The summed E-state index contributed by atoms with van der Waals surface area (Å²) in [6.07, 6.45) is 0. The van der Waals surface area contributed by atoms with Gasteiger partial charge >= 0.3 is 5.97 Å². The van der Waals surface area contributed by atoms with E-state index in [1.165, 1.54) is 12.1 Å². The monoisotopic (exact) mass is 437 g/mol. The lowest BCUT2D eigenvalue weighted by Gasteiger charge is -2.07. The minimum absolute atomic E-state index is 0.0118. The molecule has 156 valence electrons. The molecular formula is C22H16FN3O4S. The van der Waals surface area contributed by atoms with E-state index >= 15 is 0 Å². The van der Waals surface area contributed by atoms with Gasteiger partial charge in [0.1, 0.15) is 5.82 Å². The van der Waals surface area contributed by atoms with E-state index in [4.69, 9.17) is 4.42 Å². The van der Waals surface area contributed by atoms with Crippen molar-refractivity contribution < 1.29 is 23.1 Å². The Morgan fingerprint density at radius 2 is 1.90 bits per heavy atom. The first-order valence-electron chi connectivity index (χ1n) is 9.17. The summed E-state index contributed by atoms with van der Waals surface area (Å²) in [5, 5.41) is 13.0. The standard InChI is InChI=1S/C22H16FN3O4S/c1-29-21(28)17-11-14(9-10-18(17)23)24-19(27)12-31-22-26-25-20(30-22)16-8-4-6-13-5-2-3-7-15(13)16/h2-11H,12H2,1H3,(H,24,27). The Morgan fingerprint density at radius 3 is 2.74 bits per heavy atom. The van der Waals surface area contributed by atoms with Gasteiger partial charge in [0.15, 0.2) is 0 Å². The summed E-state index contributed by atoms with van der Waals surface area (Å²) in [6, 6.07) is 17.3. The molecule has 4 rings (SSSR count). The van der Waals surface area contributed by atoms with Crippen LogP contribution < -0.4 is 5.32 Å². The van der Waals surface area contributed by atoms with Crippen LogP contribution in [0, 0.1) is 5.82 Å². The average molecular weight is 437 g/mol. The van der Waals surface area contributed by atoms with E-state index in [-0.39, 0.29) is 28.1 Å². The van der Waals surface area contributed by atoms with E-state index in [0.29, 0.717) is 5.89 Å². The Morgan fingerprint density at radius 1 is 1.10 bits per heavy atom. The Balaban J connectivity index is 1.42. The van der Waals surface area contributed by atoms with Gasteiger partial charge in [-0.15, -0.1) is 10.2 Å². The van der Waals surface area contributed by atoms with E-state index in [0.717, 1.165) is 41.3 Å². The predicted octanol–water partition coefficient (Wildman–Crippen LogP) is 4.55. The van der Waals surface area contributed by atoms with Gasteiger partial charge in [-0.3, -0.25) is 4.79 Å². The number of benzene rings is 3. The maximum Gasteiger partial charge on any atom is 0.340 e. The van der Waals surface area contributed by atoms with E-state index in [2.05, 4.69) is 20.3 Å². The zero-order valence-corrected chi connectivity index (χ0v) is 17.1. The number of esters is 1. The molecule has 3 aromatic carbocycles. The van der Waals surface area contributed by atoms with Crippen molar-refractivity contribution in [3.8, 4) is 11.5 Å². The van der Waals surface area contributed by atoms with Gasteiger partial charge in [-0.2, -0.15) is 0 Å². The molecule has 0 bridgehead atoms. The van der Waals surface area contributed by atoms with E-state index in [1.54, 1.807) is 0 Å². The topological polar surface area (TPSA) is 94.3 Å². The van der Waals surface area contributed by atoms with Crippen molar-refractivity contribution in [3.05, 3.63) is 72.0 Å². The van der Waals surface area contributed by atoms with Gasteiger partial charge in [0.2, 0.25) is 11.8 Å². The molecule has 0 aliphatic carbocycles. The van der Waals surface area contributed by atoms with Crippen LogP contribution in [-0.4, -0.2) is 34.9 Å². The van der Waals surface area contributed by atoms with Crippen LogP contribution in [-0.2, 0) is 9.53 Å². The Hall–Kier alpha value is -3.72. The molecule has 1 amide bonds. The Kier molecular flexibility index (Phi) is 5.94. The number of carbonyl (C=O) groups is 2. The van der Waals surface area contributed by atoms with Crippen molar-refractivity contribution in [3.63, 3.8) is 0 Å². The van der Waals surface area contributed by atoms with Crippen LogP contribution in [0.4, 0.5) is 10.1 Å². The third-order valence-corrected chi connectivity index (χ3v) is 5.23. The number of ether oxygens (including phenoxy) is 1. The lowest BCUT2D eigenvalue weighted by Crippen LogP contribution is -2.15. The molecule has 0 aliphatic heterocycles. The number of hydrogen-bond acceptors (Lipinski definition) is 7. The number of hydrogen-bond donors (Lipinski definition) is 1. The number of nitrogens with zero attached hydrogens (tertiary/aromatic N) is 2. The molecule has 0 saturated heterocycles. The molecule has 0 atom stereocenters. The third-order valence-electron chi connectivity index (χ3n) is 4.41. The second-order valence-corrected chi connectivity index (χ2v) is 7.35. The number of carbonyl (C=O) groups excluding carboxylic acids is 2. The van der Waals surface area contributed by atoms with Crippen LogP contribution in [0.2, 0.25) is 0 Å². The second kappa shape index (κ2) is 8.97. The smallest absolute Gasteiger partial charge is 0.340 e. The zero-order chi connectivity index (χ0) is 21.8. The number of nitrogens with one attached hydrogen (secondary N) is 1. The highest BCUT2D eigenvalue weighted by atomic mass is 32.2. The zero-order valence-electron chi connectivity index (χ0n) is 16.3. The molecule has 4 aromatic rings. The van der Waals surface area contributed by atoms with Crippen molar-refractivity contribution >= 4 is 40.1 Å². The summed E-state index contributed by atoms with van der Waals surface area (Å²) in [5.41, 5.74) is 0.822. The fourth-order valence-corrected chi connectivity index (χ4v) is 3.55. The van der Waals surface area contributed by atoms with Crippen LogP contribution in [0.25, 0.3) is 22.2 Å². The molecule has 1 N–H and O–H groups in total. The number of aromatic nitrogens is 2. The van der Waals surface area contributed by atoms with E-state index in [1.807, 2.05) is 42.5 Å². The summed E-state index contributed by atoms with van der Waals surface area (Å²) >= 11 is 1.07. The van der Waals surface area contributed by atoms with Crippen molar-refractivity contribution in [1.82, 2.24) is 10.2 Å². The van der Waals surface area contributed by atoms with Crippen LogP contribution >= 0.6 is 11.8 Å². The molecule has 9 heteroatoms. The maximum atomic E-state index is 13.7. The second-order valence-electron chi connectivity index (χ2n) is 6.42. The molecule has 0 saturated carbocycles. The largest absolute Gasteiger partial charge is 0.465 e. The van der Waals surface area contributed by atoms with Crippen LogP contribution in [0.15, 0.2) is 70.3 Å². The molecule has 0 aliphatic rings. The van der Waals surface area contributed by atoms with Gasteiger partial charge in [0, 0.05) is 11.3 Å². The highest BCUT2D eigenvalue weighted by molar-refractivity contribution is 7.99. The lowest BCUT2D eigenvalue weighted by atomic mass is 10.0. The molecule has 0 spiro atoms. The summed E-state index contributed by atoms with van der Waals surface area (Å²) in [5.74, 6) is -1.58. The molecule has 0 unspecified atom stereocenters. The molecular weight excluding hydrogens is 421 g/mol. The minimum Gasteiger partial charge on any atom is -0.465 e. The highest BCUT2D eigenvalue weighted by Crippen LogP contribution is 2.29. The number of fused-ring (bicyclic) bond motifs is 1. The minimum atomic E-state index is -0.824. The van der Waals surface area contributed by atoms with Gasteiger partial charge in [0.25, 0.3) is 5.22 Å². The number of amides is 1. The maximum absolute atomic E-state index is 13.7. The molecule has 31 heavy (non-hydrogen) atoms. The molecule has 1 aromatic heterocycles. The fraction of sp³-hybridized carbons (Fsp3) is 0.0909. The molecule has 1 heterocycles. The Labute approximate surface area is 180 Å². The Bertz CT molecular complexity index is 1270. The quantitative estimate of drug-likeness (QED) is 0.349. The van der Waals surface area contributed by atoms with Crippen molar-refractivity contribution in [1.29, 1.82) is 0 Å². The third kappa shape index (κ3) is 4.56. The normalized spacial score (nSPS) is 10.8. The molecule has 0 fully saturated rings. The first-order valence-corrected chi connectivity index (χ1v) is 10.2. The molecule has 0 radical (unpaired) electrons. The van der Waals surface area contributed by atoms with Gasteiger partial charge in [-0.25, -0.2) is 9.18 Å². The van der Waals surface area contributed by atoms with Gasteiger partial charge in [0.05, 0.1) is 18.4 Å². The van der Waals surface area contributed by atoms with Gasteiger partial charge < -0.3 is 14.5 Å². The summed E-state index contributed by atoms with van der Waals surface area (Å²) < 4.78 is 23.9. The first kappa shape index (κ1) is 20.5. The SMILES string of the molecule is COC(=O)c1cc(NC(=O)CSc2nnc(-c3cccc4ccccc34)o2)ccc1F. The summed E-state index contributed by atoms with van der Waals surface area (Å²) in [4.78, 5) is 23.8. The summed E-state index contributed by atoms with van der Waals surface area (Å²) in [6.45, 7) is 0. The van der Waals surface area contributed by atoms with Crippen LogP contribution in [0.3, 0.4) is 0 Å². The number of rotatable bonds is 6. The van der Waals surface area contributed by atoms with Crippen LogP contribution in [0.1, 0.15) is 10.4 Å². The number of methoxy groups -OCH3 is 1. The van der Waals surface area contributed by atoms with Crippen molar-refractivity contribution in [2.45, 2.75) is 5.22 Å². The van der Waals surface area contributed by atoms with Crippen molar-refractivity contribution in [2.24, 2.45) is 0 Å². The first-order chi connectivity index (χ1) is 15.0. The number of thioether (sulfide) groups is 1. The van der Waals surface area contributed by atoms with Crippen LogP contribution in [0.5, 0.6) is 0 Å². The summed E-state index contributed by atoms with van der Waals surface area (Å²) in [7, 11) is 1.15. The number of halogens is 1. The molecule has 7 nitrogen and oxygen atoms in total. The average Bonchev–Trinajstić information content (AvgIpc) is 3.27. The van der Waals surface area contributed by atoms with Gasteiger partial charge in [-0.1, -0.05) is 48.2 Å². The van der Waals surface area contributed by atoms with Crippen molar-refractivity contribution in [2.75, 3.05) is 18.2 Å². The fourth-order valence-electron chi connectivity index (χ4n) is 2.98. The lowest BCUT2D eigenvalue weighted by molar-refractivity contribution is -0.113. The number of anilines is 1. The highest BCUT2D eigenvalue weighted by Gasteiger charge is 2.16. The van der Waals surface area contributed by atoms with Gasteiger partial charge in [-0.05, 0) is 35.0 Å². The predicted molar refractivity (Wildman–Crippen MR) is 114 cm³/mol.